The highest BCUT2D eigenvalue weighted by atomic mass is 32.2. The minimum absolute atomic E-state index is 0.0180. The van der Waals surface area contributed by atoms with E-state index in [4.69, 9.17) is 0 Å². The SMILES string of the molecule is CC[C@H](C)n1c(SCC(=O)NCc2ccccc2)nc2ccccc2c1=O. The highest BCUT2D eigenvalue weighted by Gasteiger charge is 2.16. The quantitative estimate of drug-likeness (QED) is 0.500. The first kappa shape index (κ1) is 19.2. The van der Waals surface area contributed by atoms with Gasteiger partial charge in [0.05, 0.1) is 16.7 Å². The number of amides is 1. The molecule has 0 saturated carbocycles. The molecule has 27 heavy (non-hydrogen) atoms. The first-order chi connectivity index (χ1) is 13.1. The maximum atomic E-state index is 12.9. The van der Waals surface area contributed by atoms with Crippen LogP contribution in [0.5, 0.6) is 0 Å². The third kappa shape index (κ3) is 4.57. The Kier molecular flexibility index (Phi) is 6.29. The maximum absolute atomic E-state index is 12.9. The van der Waals surface area contributed by atoms with E-state index in [1.54, 1.807) is 10.6 Å². The number of carbonyl (C=O) groups is 1. The summed E-state index contributed by atoms with van der Waals surface area (Å²) in [5.41, 5.74) is 1.66. The first-order valence-corrected chi connectivity index (χ1v) is 10.0. The van der Waals surface area contributed by atoms with Crippen LogP contribution in [0.2, 0.25) is 0 Å². The molecule has 0 spiro atoms. The first-order valence-electron chi connectivity index (χ1n) is 9.05. The number of fused-ring (bicyclic) bond motifs is 1. The fourth-order valence-corrected chi connectivity index (χ4v) is 3.70. The summed E-state index contributed by atoms with van der Waals surface area (Å²) in [6.45, 7) is 4.52. The van der Waals surface area contributed by atoms with Gasteiger partial charge in [0.15, 0.2) is 5.16 Å². The lowest BCUT2D eigenvalue weighted by Crippen LogP contribution is -2.28. The van der Waals surface area contributed by atoms with Crippen LogP contribution >= 0.6 is 11.8 Å². The van der Waals surface area contributed by atoms with Crippen LogP contribution in [0.15, 0.2) is 64.5 Å². The number of para-hydroxylation sites is 1. The molecule has 0 unspecified atom stereocenters. The number of aromatic nitrogens is 2. The third-order valence-electron chi connectivity index (χ3n) is 4.47. The van der Waals surface area contributed by atoms with Crippen molar-refractivity contribution in [2.45, 2.75) is 38.0 Å². The second kappa shape index (κ2) is 8.86. The van der Waals surface area contributed by atoms with Crippen LogP contribution < -0.4 is 10.9 Å². The molecule has 0 bridgehead atoms. The molecule has 0 aliphatic carbocycles. The van der Waals surface area contributed by atoms with E-state index in [1.165, 1.54) is 11.8 Å². The molecule has 0 aliphatic heterocycles. The highest BCUT2D eigenvalue weighted by molar-refractivity contribution is 7.99. The van der Waals surface area contributed by atoms with Crippen molar-refractivity contribution in [3.05, 3.63) is 70.5 Å². The van der Waals surface area contributed by atoms with Gasteiger partial charge in [-0.25, -0.2) is 4.98 Å². The van der Waals surface area contributed by atoms with Gasteiger partial charge in [-0.15, -0.1) is 0 Å². The molecule has 1 heterocycles. The molecule has 1 aromatic heterocycles. The molecule has 1 atom stereocenters. The van der Waals surface area contributed by atoms with E-state index in [0.717, 1.165) is 12.0 Å². The van der Waals surface area contributed by atoms with Crippen molar-refractivity contribution >= 4 is 28.6 Å². The standard InChI is InChI=1S/C21H23N3O2S/c1-3-15(2)24-20(26)17-11-7-8-12-18(17)23-21(24)27-14-19(25)22-13-16-9-5-4-6-10-16/h4-12,15H,3,13-14H2,1-2H3,(H,22,25)/t15-/m0/s1. The summed E-state index contributed by atoms with van der Waals surface area (Å²) in [5, 5.41) is 4.10. The molecule has 0 saturated heterocycles. The van der Waals surface area contributed by atoms with E-state index < -0.39 is 0 Å². The minimum Gasteiger partial charge on any atom is -0.351 e. The summed E-state index contributed by atoms with van der Waals surface area (Å²) in [5.74, 6) is 0.135. The van der Waals surface area contributed by atoms with E-state index in [1.807, 2.05) is 62.4 Å². The van der Waals surface area contributed by atoms with Crippen LogP contribution in [0, 0.1) is 0 Å². The van der Waals surface area contributed by atoms with E-state index >= 15 is 0 Å². The van der Waals surface area contributed by atoms with Gasteiger partial charge in [-0.2, -0.15) is 0 Å². The Hall–Kier alpha value is -2.60. The monoisotopic (exact) mass is 381 g/mol. The Morgan fingerprint density at radius 2 is 1.85 bits per heavy atom. The summed E-state index contributed by atoms with van der Waals surface area (Å²) in [7, 11) is 0. The molecule has 2 aromatic carbocycles. The Labute approximate surface area is 162 Å². The van der Waals surface area contributed by atoms with E-state index in [-0.39, 0.29) is 23.3 Å². The normalized spacial score (nSPS) is 12.1. The highest BCUT2D eigenvalue weighted by Crippen LogP contribution is 2.22. The average molecular weight is 382 g/mol. The molecular weight excluding hydrogens is 358 g/mol. The Morgan fingerprint density at radius 1 is 1.15 bits per heavy atom. The number of nitrogens with one attached hydrogen (secondary N) is 1. The lowest BCUT2D eigenvalue weighted by molar-refractivity contribution is -0.118. The van der Waals surface area contributed by atoms with Crippen LogP contribution in [0.4, 0.5) is 0 Å². The molecular formula is C21H23N3O2S. The van der Waals surface area contributed by atoms with E-state index in [9.17, 15) is 9.59 Å². The van der Waals surface area contributed by atoms with Gasteiger partial charge >= 0.3 is 0 Å². The minimum atomic E-state index is -0.0815. The predicted octanol–water partition coefficient (Wildman–Crippen LogP) is 3.78. The van der Waals surface area contributed by atoms with Crippen LogP contribution in [-0.4, -0.2) is 21.2 Å². The molecule has 0 fully saturated rings. The zero-order chi connectivity index (χ0) is 19.2. The van der Waals surface area contributed by atoms with Crippen LogP contribution in [0.25, 0.3) is 10.9 Å². The van der Waals surface area contributed by atoms with Crippen molar-refractivity contribution in [2.24, 2.45) is 0 Å². The Balaban J connectivity index is 1.77. The van der Waals surface area contributed by atoms with Crippen LogP contribution in [-0.2, 0) is 11.3 Å². The second-order valence-corrected chi connectivity index (χ2v) is 7.34. The predicted molar refractivity (Wildman–Crippen MR) is 110 cm³/mol. The van der Waals surface area contributed by atoms with Gasteiger partial charge in [0, 0.05) is 12.6 Å². The molecule has 5 nitrogen and oxygen atoms in total. The molecule has 140 valence electrons. The third-order valence-corrected chi connectivity index (χ3v) is 5.42. The van der Waals surface area contributed by atoms with Gasteiger partial charge < -0.3 is 5.32 Å². The maximum Gasteiger partial charge on any atom is 0.262 e. The van der Waals surface area contributed by atoms with Gasteiger partial charge in [0.1, 0.15) is 0 Å². The summed E-state index contributed by atoms with van der Waals surface area (Å²) in [4.78, 5) is 29.8. The lowest BCUT2D eigenvalue weighted by Gasteiger charge is -2.18. The van der Waals surface area contributed by atoms with Gasteiger partial charge in [-0.05, 0) is 31.0 Å². The zero-order valence-electron chi connectivity index (χ0n) is 15.5. The molecule has 1 N–H and O–H groups in total. The van der Waals surface area contributed by atoms with Gasteiger partial charge in [-0.1, -0.05) is 61.2 Å². The number of hydrogen-bond acceptors (Lipinski definition) is 4. The largest absolute Gasteiger partial charge is 0.351 e. The van der Waals surface area contributed by atoms with Crippen molar-refractivity contribution in [3.63, 3.8) is 0 Å². The number of thioether (sulfide) groups is 1. The number of nitrogens with zero attached hydrogens (tertiary/aromatic N) is 2. The fraction of sp³-hybridized carbons (Fsp3) is 0.286. The molecule has 3 rings (SSSR count). The van der Waals surface area contributed by atoms with Gasteiger partial charge in [0.2, 0.25) is 5.91 Å². The number of benzene rings is 2. The Morgan fingerprint density at radius 3 is 2.59 bits per heavy atom. The van der Waals surface area contributed by atoms with E-state index in [0.29, 0.717) is 22.6 Å². The molecule has 0 aliphatic rings. The molecule has 0 radical (unpaired) electrons. The van der Waals surface area contributed by atoms with Crippen molar-refractivity contribution in [3.8, 4) is 0 Å². The second-order valence-electron chi connectivity index (χ2n) is 6.39. The number of carbonyl (C=O) groups excluding carboxylic acids is 1. The van der Waals surface area contributed by atoms with Crippen molar-refractivity contribution < 1.29 is 4.79 Å². The van der Waals surface area contributed by atoms with Crippen LogP contribution in [0.1, 0.15) is 31.9 Å². The van der Waals surface area contributed by atoms with Gasteiger partial charge in [0.25, 0.3) is 5.56 Å². The number of rotatable bonds is 7. The molecule has 6 heteroatoms. The number of hydrogen-bond donors (Lipinski definition) is 1. The molecule has 1 amide bonds. The van der Waals surface area contributed by atoms with Crippen molar-refractivity contribution in [1.29, 1.82) is 0 Å². The van der Waals surface area contributed by atoms with Gasteiger partial charge in [-0.3, -0.25) is 14.2 Å². The fourth-order valence-electron chi connectivity index (χ4n) is 2.78. The van der Waals surface area contributed by atoms with Crippen molar-refractivity contribution in [1.82, 2.24) is 14.9 Å². The summed E-state index contributed by atoms with van der Waals surface area (Å²) in [6, 6.07) is 17.1. The summed E-state index contributed by atoms with van der Waals surface area (Å²) < 4.78 is 1.71. The Bertz CT molecular complexity index is 986. The average Bonchev–Trinajstić information content (AvgIpc) is 2.71. The zero-order valence-corrected chi connectivity index (χ0v) is 16.3. The summed E-state index contributed by atoms with van der Waals surface area (Å²) in [6.07, 6.45) is 0.813. The topological polar surface area (TPSA) is 64.0 Å². The van der Waals surface area contributed by atoms with E-state index in [2.05, 4.69) is 10.3 Å². The smallest absolute Gasteiger partial charge is 0.262 e. The van der Waals surface area contributed by atoms with Crippen LogP contribution in [0.3, 0.4) is 0 Å². The lowest BCUT2D eigenvalue weighted by atomic mass is 10.2. The molecule has 3 aromatic rings. The summed E-state index contributed by atoms with van der Waals surface area (Å²) >= 11 is 1.30. The van der Waals surface area contributed by atoms with Crippen molar-refractivity contribution in [2.75, 3.05) is 5.75 Å².